The smallest absolute Gasteiger partial charge is 0.262 e. The van der Waals surface area contributed by atoms with Crippen LogP contribution in [-0.2, 0) is 10.0 Å². The van der Waals surface area contributed by atoms with Crippen LogP contribution in [0.25, 0.3) is 0 Å². The van der Waals surface area contributed by atoms with Gasteiger partial charge in [0.15, 0.2) is 11.6 Å². The third kappa shape index (κ3) is 3.29. The van der Waals surface area contributed by atoms with Crippen LogP contribution in [0.5, 0.6) is 0 Å². The molecular weight excluding hydrogens is 322 g/mol. The molecule has 0 radical (unpaired) electrons. The highest BCUT2D eigenvalue weighted by molar-refractivity contribution is 7.92. The summed E-state index contributed by atoms with van der Waals surface area (Å²) in [6, 6.07) is 7.98. The minimum atomic E-state index is -4.17. The summed E-state index contributed by atoms with van der Waals surface area (Å²) in [6.07, 6.45) is 0. The van der Waals surface area contributed by atoms with E-state index in [1.165, 1.54) is 18.2 Å². The average molecular weight is 329 g/mol. The molecule has 21 heavy (non-hydrogen) atoms. The summed E-state index contributed by atoms with van der Waals surface area (Å²) in [7, 11) is -4.17. The summed E-state index contributed by atoms with van der Waals surface area (Å²) >= 11 is 5.74. The summed E-state index contributed by atoms with van der Waals surface area (Å²) < 4.78 is 52.3. The van der Waals surface area contributed by atoms with Crippen molar-refractivity contribution in [1.29, 1.82) is 5.26 Å². The van der Waals surface area contributed by atoms with Gasteiger partial charge in [-0.15, -0.1) is 0 Å². The van der Waals surface area contributed by atoms with Gasteiger partial charge < -0.3 is 0 Å². The molecule has 2 rings (SSSR count). The summed E-state index contributed by atoms with van der Waals surface area (Å²) in [5.74, 6) is -2.45. The van der Waals surface area contributed by atoms with Gasteiger partial charge in [0.25, 0.3) is 10.0 Å². The Balaban J connectivity index is 2.45. The number of sulfonamides is 1. The first kappa shape index (κ1) is 15.2. The highest BCUT2D eigenvalue weighted by atomic mass is 35.5. The fourth-order valence-corrected chi connectivity index (χ4v) is 2.80. The van der Waals surface area contributed by atoms with E-state index in [2.05, 4.69) is 4.72 Å². The van der Waals surface area contributed by atoms with Crippen LogP contribution in [0.4, 0.5) is 14.5 Å². The third-order valence-electron chi connectivity index (χ3n) is 2.55. The van der Waals surface area contributed by atoms with E-state index in [9.17, 15) is 17.2 Å². The second-order valence-electron chi connectivity index (χ2n) is 3.98. The van der Waals surface area contributed by atoms with E-state index in [0.29, 0.717) is 12.1 Å². The zero-order chi connectivity index (χ0) is 15.6. The van der Waals surface area contributed by atoms with E-state index in [0.717, 1.165) is 6.07 Å². The Labute approximate surface area is 124 Å². The number of nitriles is 1. The Morgan fingerprint density at radius 1 is 1.10 bits per heavy atom. The summed E-state index contributed by atoms with van der Waals surface area (Å²) in [5, 5.41) is 9.14. The number of nitrogens with zero attached hydrogens (tertiary/aromatic N) is 1. The second-order valence-corrected chi connectivity index (χ2v) is 6.10. The molecule has 0 heterocycles. The maximum absolute atomic E-state index is 13.1. The van der Waals surface area contributed by atoms with Crippen LogP contribution in [0.3, 0.4) is 0 Å². The van der Waals surface area contributed by atoms with Gasteiger partial charge in [0.1, 0.15) is 6.07 Å². The molecule has 0 aliphatic carbocycles. The molecule has 0 atom stereocenters. The molecule has 0 aliphatic rings. The SMILES string of the molecule is N#Cc1ccc(Cl)cc1NS(=O)(=O)c1ccc(F)c(F)c1. The molecule has 0 saturated carbocycles. The minimum Gasteiger partial charge on any atom is -0.278 e. The molecule has 0 aliphatic heterocycles. The molecule has 0 fully saturated rings. The highest BCUT2D eigenvalue weighted by Crippen LogP contribution is 2.24. The predicted molar refractivity (Wildman–Crippen MR) is 73.3 cm³/mol. The number of rotatable bonds is 3. The van der Waals surface area contributed by atoms with Gasteiger partial charge in [0.2, 0.25) is 0 Å². The van der Waals surface area contributed by atoms with Crippen LogP contribution in [-0.4, -0.2) is 8.42 Å². The molecule has 0 saturated heterocycles. The van der Waals surface area contributed by atoms with Crippen molar-refractivity contribution >= 4 is 27.3 Å². The Hall–Kier alpha value is -2.17. The van der Waals surface area contributed by atoms with Crippen LogP contribution in [0, 0.1) is 23.0 Å². The number of benzene rings is 2. The summed E-state index contributed by atoms with van der Waals surface area (Å²) in [6.45, 7) is 0. The van der Waals surface area contributed by atoms with E-state index >= 15 is 0 Å². The fraction of sp³-hybridized carbons (Fsp3) is 0. The lowest BCUT2D eigenvalue weighted by Gasteiger charge is -2.10. The maximum Gasteiger partial charge on any atom is 0.262 e. The van der Waals surface area contributed by atoms with Crippen molar-refractivity contribution in [2.75, 3.05) is 4.72 Å². The van der Waals surface area contributed by atoms with Crippen LogP contribution in [0.15, 0.2) is 41.3 Å². The number of nitrogens with one attached hydrogen (secondary N) is 1. The first-order valence-corrected chi connectivity index (χ1v) is 7.37. The van der Waals surface area contributed by atoms with Crippen molar-refractivity contribution in [1.82, 2.24) is 0 Å². The maximum atomic E-state index is 13.1. The molecule has 4 nitrogen and oxygen atoms in total. The van der Waals surface area contributed by atoms with Crippen molar-refractivity contribution in [3.8, 4) is 6.07 Å². The van der Waals surface area contributed by atoms with E-state index in [1.54, 1.807) is 6.07 Å². The third-order valence-corrected chi connectivity index (χ3v) is 4.15. The molecule has 0 aromatic heterocycles. The van der Waals surface area contributed by atoms with Crippen LogP contribution in [0.1, 0.15) is 5.56 Å². The lowest BCUT2D eigenvalue weighted by Crippen LogP contribution is -2.14. The zero-order valence-electron chi connectivity index (χ0n) is 10.3. The number of hydrogen-bond acceptors (Lipinski definition) is 3. The quantitative estimate of drug-likeness (QED) is 0.939. The number of hydrogen-bond donors (Lipinski definition) is 1. The first-order valence-electron chi connectivity index (χ1n) is 5.51. The molecule has 1 N–H and O–H groups in total. The van der Waals surface area contributed by atoms with Crippen LogP contribution in [0.2, 0.25) is 5.02 Å². The largest absolute Gasteiger partial charge is 0.278 e. The normalized spacial score (nSPS) is 11.0. The van der Waals surface area contributed by atoms with Crippen LogP contribution < -0.4 is 4.72 Å². The topological polar surface area (TPSA) is 70.0 Å². The summed E-state index contributed by atoms with van der Waals surface area (Å²) in [5.41, 5.74) is 0.000270. The summed E-state index contributed by atoms with van der Waals surface area (Å²) in [4.78, 5) is -0.467. The van der Waals surface area contributed by atoms with E-state index in [-0.39, 0.29) is 16.3 Å². The van der Waals surface area contributed by atoms with Crippen molar-refractivity contribution in [2.24, 2.45) is 0 Å². The van der Waals surface area contributed by atoms with Gasteiger partial charge in [0, 0.05) is 5.02 Å². The lowest BCUT2D eigenvalue weighted by molar-refractivity contribution is 0.504. The number of halogens is 3. The first-order chi connectivity index (χ1) is 9.83. The van der Waals surface area contributed by atoms with Crippen molar-refractivity contribution < 1.29 is 17.2 Å². The molecule has 0 spiro atoms. The standard InChI is InChI=1S/C13H7ClF2N2O2S/c14-9-2-1-8(7-17)13(5-9)18-21(19,20)10-3-4-11(15)12(16)6-10/h1-6,18H. The van der Waals surface area contributed by atoms with Crippen LogP contribution >= 0.6 is 11.6 Å². The molecule has 8 heteroatoms. The Kier molecular flexibility index (Phi) is 4.11. The highest BCUT2D eigenvalue weighted by Gasteiger charge is 2.18. The molecular formula is C13H7ClF2N2O2S. The van der Waals surface area contributed by atoms with Gasteiger partial charge in [-0.2, -0.15) is 5.26 Å². The molecule has 2 aromatic carbocycles. The zero-order valence-corrected chi connectivity index (χ0v) is 11.8. The van der Waals surface area contributed by atoms with E-state index < -0.39 is 26.6 Å². The second kappa shape index (κ2) is 5.68. The Morgan fingerprint density at radius 3 is 2.43 bits per heavy atom. The fourth-order valence-electron chi connectivity index (χ4n) is 1.55. The van der Waals surface area contributed by atoms with Gasteiger partial charge >= 0.3 is 0 Å². The van der Waals surface area contributed by atoms with Gasteiger partial charge in [0.05, 0.1) is 16.1 Å². The molecule has 0 amide bonds. The molecule has 2 aromatic rings. The van der Waals surface area contributed by atoms with E-state index in [4.69, 9.17) is 16.9 Å². The molecule has 0 bridgehead atoms. The lowest BCUT2D eigenvalue weighted by atomic mass is 10.2. The van der Waals surface area contributed by atoms with Crippen molar-refractivity contribution in [3.63, 3.8) is 0 Å². The monoisotopic (exact) mass is 328 g/mol. The van der Waals surface area contributed by atoms with Gasteiger partial charge in [-0.05, 0) is 36.4 Å². The minimum absolute atomic E-state index is 0.0465. The van der Waals surface area contributed by atoms with Crippen molar-refractivity contribution in [2.45, 2.75) is 4.90 Å². The Bertz CT molecular complexity index is 848. The predicted octanol–water partition coefficient (Wildman–Crippen LogP) is 3.29. The van der Waals surface area contributed by atoms with Crippen molar-refractivity contribution in [3.05, 3.63) is 58.6 Å². The number of anilines is 1. The Morgan fingerprint density at radius 2 is 1.81 bits per heavy atom. The molecule has 0 unspecified atom stereocenters. The van der Waals surface area contributed by atoms with Gasteiger partial charge in [-0.3, -0.25) is 4.72 Å². The van der Waals surface area contributed by atoms with Gasteiger partial charge in [-0.1, -0.05) is 11.6 Å². The van der Waals surface area contributed by atoms with E-state index in [1.807, 2.05) is 0 Å². The van der Waals surface area contributed by atoms with Gasteiger partial charge in [-0.25, -0.2) is 17.2 Å². The molecule has 108 valence electrons. The average Bonchev–Trinajstić information content (AvgIpc) is 2.41.